The summed E-state index contributed by atoms with van der Waals surface area (Å²) in [4.78, 5) is 27.4. The third kappa shape index (κ3) is 3.29. The van der Waals surface area contributed by atoms with Gasteiger partial charge in [0.05, 0.1) is 11.0 Å². The molecule has 1 amide bonds. The summed E-state index contributed by atoms with van der Waals surface area (Å²) < 4.78 is 0. The number of nitrogens with one attached hydrogen (secondary N) is 1. The highest BCUT2D eigenvalue weighted by atomic mass is 16.7. The minimum atomic E-state index is -0.496. The topological polar surface area (TPSA) is 81.5 Å². The number of carbonyl (C=O) groups is 1. The van der Waals surface area contributed by atoms with Gasteiger partial charge in [0.1, 0.15) is 0 Å². The number of benzene rings is 1. The summed E-state index contributed by atoms with van der Waals surface area (Å²) in [6, 6.07) is 4.38. The second kappa shape index (κ2) is 5.79. The first-order valence-corrected chi connectivity index (χ1v) is 6.29. The molecule has 6 heteroatoms. The number of amides is 1. The van der Waals surface area contributed by atoms with Crippen molar-refractivity contribution in [3.8, 4) is 0 Å². The molecule has 2 rings (SSSR count). The molecule has 0 radical (unpaired) electrons. The lowest BCUT2D eigenvalue weighted by Gasteiger charge is -2.11. The summed E-state index contributed by atoms with van der Waals surface area (Å²) in [7, 11) is 0. The first kappa shape index (κ1) is 13.5. The van der Waals surface area contributed by atoms with Crippen LogP contribution in [-0.2, 0) is 4.84 Å². The predicted octanol–water partition coefficient (Wildman–Crippen LogP) is 2.51. The van der Waals surface area contributed by atoms with Gasteiger partial charge in [-0.25, -0.2) is 5.48 Å². The first-order valence-electron chi connectivity index (χ1n) is 6.29. The van der Waals surface area contributed by atoms with Crippen molar-refractivity contribution in [3.05, 3.63) is 39.4 Å². The van der Waals surface area contributed by atoms with Gasteiger partial charge in [0, 0.05) is 17.2 Å². The second-order valence-corrected chi connectivity index (χ2v) is 4.71. The third-order valence-corrected chi connectivity index (χ3v) is 3.29. The zero-order chi connectivity index (χ0) is 13.8. The van der Waals surface area contributed by atoms with E-state index in [-0.39, 0.29) is 17.4 Å². The Morgan fingerprint density at radius 2 is 2.11 bits per heavy atom. The van der Waals surface area contributed by atoms with Gasteiger partial charge in [-0.1, -0.05) is 18.9 Å². The third-order valence-electron chi connectivity index (χ3n) is 3.29. The van der Waals surface area contributed by atoms with Crippen molar-refractivity contribution < 1.29 is 14.6 Å². The van der Waals surface area contributed by atoms with E-state index in [1.165, 1.54) is 6.07 Å². The molecule has 0 heterocycles. The number of hydroxylamine groups is 1. The van der Waals surface area contributed by atoms with Crippen molar-refractivity contribution in [2.75, 3.05) is 0 Å². The zero-order valence-electron chi connectivity index (χ0n) is 10.7. The Morgan fingerprint density at radius 3 is 2.74 bits per heavy atom. The molecule has 0 bridgehead atoms. The summed E-state index contributed by atoms with van der Waals surface area (Å²) >= 11 is 0. The monoisotopic (exact) mass is 264 g/mol. The van der Waals surface area contributed by atoms with Crippen LogP contribution < -0.4 is 5.48 Å². The molecular weight excluding hydrogens is 248 g/mol. The molecule has 0 spiro atoms. The first-order chi connectivity index (χ1) is 9.08. The number of nitrogens with zero attached hydrogens (tertiary/aromatic N) is 1. The van der Waals surface area contributed by atoms with Gasteiger partial charge in [0.2, 0.25) is 0 Å². The molecular formula is C13H16N2O4. The lowest BCUT2D eigenvalue weighted by Crippen LogP contribution is -2.28. The minimum absolute atomic E-state index is 0.0596. The maximum atomic E-state index is 11.8. The van der Waals surface area contributed by atoms with Crippen LogP contribution in [0.15, 0.2) is 18.2 Å². The van der Waals surface area contributed by atoms with Gasteiger partial charge in [-0.3, -0.25) is 19.7 Å². The minimum Gasteiger partial charge on any atom is -0.270 e. The van der Waals surface area contributed by atoms with Gasteiger partial charge in [-0.2, -0.15) is 0 Å². The molecule has 6 nitrogen and oxygen atoms in total. The van der Waals surface area contributed by atoms with E-state index in [9.17, 15) is 14.9 Å². The van der Waals surface area contributed by atoms with E-state index in [0.29, 0.717) is 5.56 Å². The molecule has 1 saturated carbocycles. The number of nitro groups is 1. The van der Waals surface area contributed by atoms with Crippen molar-refractivity contribution in [3.63, 3.8) is 0 Å². The highest BCUT2D eigenvalue weighted by Gasteiger charge is 2.19. The number of aryl methyl sites for hydroxylation is 1. The molecule has 1 fully saturated rings. The van der Waals surface area contributed by atoms with E-state index >= 15 is 0 Å². The van der Waals surface area contributed by atoms with Crippen LogP contribution in [0.25, 0.3) is 0 Å². The molecule has 0 atom stereocenters. The summed E-state index contributed by atoms with van der Waals surface area (Å²) in [6.07, 6.45) is 4.15. The van der Waals surface area contributed by atoms with Gasteiger partial charge in [0.15, 0.2) is 0 Å². The molecule has 1 aromatic rings. The Bertz CT molecular complexity index is 495. The maximum absolute atomic E-state index is 11.8. The van der Waals surface area contributed by atoms with Gasteiger partial charge >= 0.3 is 0 Å². The largest absolute Gasteiger partial charge is 0.275 e. The van der Waals surface area contributed by atoms with Crippen molar-refractivity contribution in [1.82, 2.24) is 5.48 Å². The van der Waals surface area contributed by atoms with Crippen molar-refractivity contribution >= 4 is 11.6 Å². The lowest BCUT2D eigenvalue weighted by molar-refractivity contribution is -0.385. The predicted molar refractivity (Wildman–Crippen MR) is 68.6 cm³/mol. The van der Waals surface area contributed by atoms with E-state index in [1.807, 2.05) is 0 Å². The van der Waals surface area contributed by atoms with Crippen LogP contribution in [-0.4, -0.2) is 16.9 Å². The van der Waals surface area contributed by atoms with Crippen molar-refractivity contribution in [2.24, 2.45) is 0 Å². The fraction of sp³-hybridized carbons (Fsp3) is 0.462. The molecule has 0 unspecified atom stereocenters. The quantitative estimate of drug-likeness (QED) is 0.669. The maximum Gasteiger partial charge on any atom is 0.275 e. The number of carbonyl (C=O) groups excluding carboxylic acids is 1. The normalized spacial score (nSPS) is 15.4. The number of rotatable bonds is 4. The summed E-state index contributed by atoms with van der Waals surface area (Å²) in [5, 5.41) is 10.8. The highest BCUT2D eigenvalue weighted by Crippen LogP contribution is 2.21. The van der Waals surface area contributed by atoms with E-state index in [2.05, 4.69) is 5.48 Å². The van der Waals surface area contributed by atoms with Gasteiger partial charge in [0.25, 0.3) is 11.6 Å². The van der Waals surface area contributed by atoms with Crippen molar-refractivity contribution in [2.45, 2.75) is 38.7 Å². The number of nitro benzene ring substituents is 1. The highest BCUT2D eigenvalue weighted by molar-refractivity contribution is 5.94. The fourth-order valence-electron chi connectivity index (χ4n) is 2.15. The molecule has 19 heavy (non-hydrogen) atoms. The molecule has 0 saturated heterocycles. The molecule has 0 aliphatic heterocycles. The molecule has 0 aromatic heterocycles. The van der Waals surface area contributed by atoms with Crippen LogP contribution in [0.3, 0.4) is 0 Å². The second-order valence-electron chi connectivity index (χ2n) is 4.71. The number of hydrogen-bond acceptors (Lipinski definition) is 4. The van der Waals surface area contributed by atoms with Gasteiger partial charge in [-0.15, -0.1) is 0 Å². The SMILES string of the molecule is Cc1ccc(C(=O)NOC2CCCC2)cc1[N+](=O)[O-]. The van der Waals surface area contributed by atoms with E-state index in [1.54, 1.807) is 19.1 Å². The summed E-state index contributed by atoms with van der Waals surface area (Å²) in [5.74, 6) is -0.449. The Hall–Kier alpha value is -1.95. The Morgan fingerprint density at radius 1 is 1.42 bits per heavy atom. The van der Waals surface area contributed by atoms with Crippen LogP contribution in [0.2, 0.25) is 0 Å². The molecule has 1 aromatic carbocycles. The average Bonchev–Trinajstić information content (AvgIpc) is 2.89. The molecule has 1 aliphatic carbocycles. The lowest BCUT2D eigenvalue weighted by atomic mass is 10.1. The summed E-state index contributed by atoms with van der Waals surface area (Å²) in [5.41, 5.74) is 3.06. The molecule has 1 aliphatic rings. The summed E-state index contributed by atoms with van der Waals surface area (Å²) in [6.45, 7) is 1.63. The van der Waals surface area contributed by atoms with E-state index in [4.69, 9.17) is 4.84 Å². The molecule has 1 N–H and O–H groups in total. The van der Waals surface area contributed by atoms with E-state index in [0.717, 1.165) is 25.7 Å². The number of hydrogen-bond donors (Lipinski definition) is 1. The Labute approximate surface area is 110 Å². The van der Waals surface area contributed by atoms with Crippen LogP contribution >= 0.6 is 0 Å². The fourth-order valence-corrected chi connectivity index (χ4v) is 2.15. The zero-order valence-corrected chi connectivity index (χ0v) is 10.7. The molecule has 102 valence electrons. The van der Waals surface area contributed by atoms with Gasteiger partial charge < -0.3 is 0 Å². The average molecular weight is 264 g/mol. The Balaban J connectivity index is 2.02. The van der Waals surface area contributed by atoms with Crippen LogP contribution in [0.1, 0.15) is 41.6 Å². The Kier molecular flexibility index (Phi) is 4.11. The van der Waals surface area contributed by atoms with Crippen LogP contribution in [0.5, 0.6) is 0 Å². The van der Waals surface area contributed by atoms with E-state index < -0.39 is 10.8 Å². The van der Waals surface area contributed by atoms with Crippen molar-refractivity contribution in [1.29, 1.82) is 0 Å². The van der Waals surface area contributed by atoms with Crippen LogP contribution in [0.4, 0.5) is 5.69 Å². The van der Waals surface area contributed by atoms with Gasteiger partial charge in [-0.05, 0) is 25.8 Å². The van der Waals surface area contributed by atoms with Crippen LogP contribution in [0, 0.1) is 17.0 Å². The smallest absolute Gasteiger partial charge is 0.270 e. The standard InChI is InChI=1S/C13H16N2O4/c1-9-6-7-10(8-12(9)15(17)18)13(16)14-19-11-4-2-3-5-11/h6-8,11H,2-5H2,1H3,(H,14,16).